The van der Waals surface area contributed by atoms with Crippen molar-refractivity contribution in [3.63, 3.8) is 0 Å². The van der Waals surface area contributed by atoms with E-state index in [1.54, 1.807) is 24.7 Å². The molecule has 0 aliphatic heterocycles. The number of pyridine rings is 1. The zero-order chi connectivity index (χ0) is 25.0. The van der Waals surface area contributed by atoms with Crippen LogP contribution in [0.2, 0.25) is 5.02 Å². The monoisotopic (exact) mass is 517 g/mol. The Hall–Kier alpha value is -2.44. The molecule has 2 aromatic heterocycles. The second kappa shape index (κ2) is 14.1. The van der Waals surface area contributed by atoms with Gasteiger partial charge in [-0.15, -0.1) is 4.33 Å². The first kappa shape index (κ1) is 27.8. The third kappa shape index (κ3) is 9.07. The van der Waals surface area contributed by atoms with E-state index in [2.05, 4.69) is 24.3 Å². The van der Waals surface area contributed by atoms with Gasteiger partial charge in [0.05, 0.1) is 22.0 Å². The Bertz CT molecular complexity index is 1010. The zero-order valence-corrected chi connectivity index (χ0v) is 20.0. The Morgan fingerprint density at radius 2 is 1.71 bits per heavy atom. The second-order valence-electron chi connectivity index (χ2n) is 6.73. The highest BCUT2D eigenvalue weighted by Gasteiger charge is 2.30. The number of ether oxygens (including phenoxy) is 1. The van der Waals surface area contributed by atoms with E-state index in [1.165, 1.54) is 6.07 Å². The number of halogens is 4. The summed E-state index contributed by atoms with van der Waals surface area (Å²) in [6, 6.07) is 9.51. The molecule has 1 aromatic carbocycles. The van der Waals surface area contributed by atoms with Gasteiger partial charge in [-0.3, -0.25) is 0 Å². The number of benzene rings is 1. The number of hydrogen-bond donors (Lipinski definition) is 1. The molecule has 0 saturated heterocycles. The van der Waals surface area contributed by atoms with E-state index in [9.17, 15) is 13.2 Å². The Labute approximate surface area is 204 Å². The van der Waals surface area contributed by atoms with E-state index in [0.29, 0.717) is 10.8 Å². The molecule has 34 heavy (non-hydrogen) atoms. The normalized spacial score (nSPS) is 11.0. The number of nitrogens with zero attached hydrogens (tertiary/aromatic N) is 3. The van der Waals surface area contributed by atoms with Crippen molar-refractivity contribution >= 4 is 23.6 Å². The molecule has 0 saturated carbocycles. The van der Waals surface area contributed by atoms with Gasteiger partial charge in [-0.25, -0.2) is 20.2 Å². The van der Waals surface area contributed by atoms with Gasteiger partial charge >= 0.3 is 6.18 Å². The summed E-state index contributed by atoms with van der Waals surface area (Å²) in [4.78, 5) is 12.1. The molecule has 3 rings (SSSR count). The van der Waals surface area contributed by atoms with Gasteiger partial charge in [-0.05, 0) is 49.4 Å². The SMILES string of the molecule is CCc1ncnc(CCCc2ccc(Oc3ccc(C(F)(F)F)cn3)cc2)c1Cl.CSOOO. The van der Waals surface area contributed by atoms with Crippen LogP contribution in [0.15, 0.2) is 48.9 Å². The third-order valence-electron chi connectivity index (χ3n) is 4.46. The second-order valence-corrected chi connectivity index (χ2v) is 7.57. The van der Waals surface area contributed by atoms with Crippen LogP contribution in [0.5, 0.6) is 11.6 Å². The van der Waals surface area contributed by atoms with Gasteiger partial charge in [-0.1, -0.05) is 35.7 Å². The van der Waals surface area contributed by atoms with Crippen LogP contribution >= 0.6 is 23.6 Å². The molecule has 2 heterocycles. The van der Waals surface area contributed by atoms with Crippen molar-refractivity contribution in [2.45, 2.75) is 38.8 Å². The maximum absolute atomic E-state index is 12.6. The number of alkyl halides is 3. The minimum Gasteiger partial charge on any atom is -0.439 e. The Balaban J connectivity index is 0.000000739. The highest BCUT2D eigenvalue weighted by atomic mass is 35.5. The summed E-state index contributed by atoms with van der Waals surface area (Å²) >= 11 is 7.24. The van der Waals surface area contributed by atoms with Gasteiger partial charge in [0, 0.05) is 30.6 Å². The Kier molecular flexibility index (Phi) is 11.5. The molecule has 0 amide bonds. The van der Waals surface area contributed by atoms with E-state index >= 15 is 0 Å². The van der Waals surface area contributed by atoms with Crippen molar-refractivity contribution in [3.8, 4) is 11.6 Å². The van der Waals surface area contributed by atoms with Crippen LogP contribution in [0.1, 0.15) is 35.9 Å². The first-order valence-corrected chi connectivity index (χ1v) is 11.6. The molecular weight excluding hydrogens is 495 g/mol. The van der Waals surface area contributed by atoms with Gasteiger partial charge in [0.1, 0.15) is 12.1 Å². The van der Waals surface area contributed by atoms with Gasteiger partial charge < -0.3 is 4.74 Å². The maximum atomic E-state index is 12.6. The van der Waals surface area contributed by atoms with Crippen LogP contribution in [0.25, 0.3) is 0 Å². The lowest BCUT2D eigenvalue weighted by Crippen LogP contribution is -2.05. The molecule has 3 aromatic rings. The molecule has 0 aliphatic carbocycles. The molecule has 7 nitrogen and oxygen atoms in total. The molecule has 0 atom stereocenters. The van der Waals surface area contributed by atoms with Gasteiger partial charge in [0.15, 0.2) is 0 Å². The largest absolute Gasteiger partial charge is 0.439 e. The molecular formula is C22H23ClF3N3O4S. The quantitative estimate of drug-likeness (QED) is 0.189. The highest BCUT2D eigenvalue weighted by Crippen LogP contribution is 2.30. The lowest BCUT2D eigenvalue weighted by atomic mass is 10.1. The van der Waals surface area contributed by atoms with E-state index < -0.39 is 11.7 Å². The lowest BCUT2D eigenvalue weighted by Gasteiger charge is -2.09. The number of rotatable bonds is 9. The average molecular weight is 518 g/mol. The minimum atomic E-state index is -4.42. The van der Waals surface area contributed by atoms with Crippen molar-refractivity contribution in [1.82, 2.24) is 15.0 Å². The first-order valence-electron chi connectivity index (χ1n) is 10.1. The molecule has 1 N–H and O–H groups in total. The van der Waals surface area contributed by atoms with E-state index in [-0.39, 0.29) is 5.88 Å². The zero-order valence-electron chi connectivity index (χ0n) is 18.4. The summed E-state index contributed by atoms with van der Waals surface area (Å²) < 4.78 is 47.0. The van der Waals surface area contributed by atoms with E-state index in [0.717, 1.165) is 66.9 Å². The topological polar surface area (TPSA) is 86.6 Å². The van der Waals surface area contributed by atoms with Crippen LogP contribution in [-0.4, -0.2) is 26.5 Å². The molecule has 0 bridgehead atoms. The minimum absolute atomic E-state index is 0.107. The summed E-state index contributed by atoms with van der Waals surface area (Å²) in [7, 11) is 0. The van der Waals surface area contributed by atoms with Gasteiger partial charge in [-0.2, -0.15) is 13.2 Å². The third-order valence-corrected chi connectivity index (χ3v) is 5.09. The smallest absolute Gasteiger partial charge is 0.417 e. The van der Waals surface area contributed by atoms with Crippen LogP contribution in [-0.2, 0) is 34.8 Å². The average Bonchev–Trinajstić information content (AvgIpc) is 2.82. The predicted octanol–water partition coefficient (Wildman–Crippen LogP) is 6.76. The fourth-order valence-corrected chi connectivity index (χ4v) is 3.20. The molecule has 0 radical (unpaired) electrons. The first-order chi connectivity index (χ1) is 16.3. The van der Waals surface area contributed by atoms with Crippen LogP contribution < -0.4 is 4.74 Å². The number of aryl methyl sites for hydroxylation is 3. The van der Waals surface area contributed by atoms with Crippen LogP contribution in [0.3, 0.4) is 0 Å². The molecule has 0 fully saturated rings. The van der Waals surface area contributed by atoms with Crippen LogP contribution in [0, 0.1) is 0 Å². The summed E-state index contributed by atoms with van der Waals surface area (Å²) in [5.41, 5.74) is 2.01. The van der Waals surface area contributed by atoms with Gasteiger partial charge in [0.2, 0.25) is 5.88 Å². The predicted molar refractivity (Wildman–Crippen MR) is 123 cm³/mol. The van der Waals surface area contributed by atoms with Crippen molar-refractivity contribution in [2.24, 2.45) is 0 Å². The molecule has 0 spiro atoms. The summed E-state index contributed by atoms with van der Waals surface area (Å²) in [5.74, 6) is 0.614. The van der Waals surface area contributed by atoms with Crippen molar-refractivity contribution in [2.75, 3.05) is 6.26 Å². The lowest BCUT2D eigenvalue weighted by molar-refractivity contribution is -0.432. The Morgan fingerprint density at radius 3 is 2.24 bits per heavy atom. The van der Waals surface area contributed by atoms with Crippen molar-refractivity contribution in [3.05, 3.63) is 76.5 Å². The summed E-state index contributed by atoms with van der Waals surface area (Å²) in [6.07, 6.45) is 2.73. The number of aromatic nitrogens is 3. The molecule has 184 valence electrons. The van der Waals surface area contributed by atoms with Gasteiger partial charge in [0.25, 0.3) is 0 Å². The van der Waals surface area contributed by atoms with E-state index in [4.69, 9.17) is 21.6 Å². The fourth-order valence-electron chi connectivity index (χ4n) is 2.81. The van der Waals surface area contributed by atoms with Crippen molar-refractivity contribution in [1.29, 1.82) is 0 Å². The number of hydrogen-bond acceptors (Lipinski definition) is 8. The van der Waals surface area contributed by atoms with E-state index in [1.807, 2.05) is 19.1 Å². The standard InChI is InChI=1S/C21H19ClF3N3O.CH4O3S/c1-2-17-20(22)18(28-13-27-17)5-3-4-14-6-9-16(10-7-14)29-19-11-8-15(12-26-19)21(23,24)25;1-5-4-3-2/h6-13H,2-5H2,1H3;2H,1H3. The Morgan fingerprint density at radius 1 is 1.00 bits per heavy atom. The highest BCUT2D eigenvalue weighted by molar-refractivity contribution is 7.93. The van der Waals surface area contributed by atoms with Crippen molar-refractivity contribution < 1.29 is 32.5 Å². The fraction of sp³-hybridized carbons (Fsp3) is 0.318. The maximum Gasteiger partial charge on any atom is 0.417 e. The van der Waals surface area contributed by atoms with Crippen LogP contribution in [0.4, 0.5) is 13.2 Å². The molecule has 0 unspecified atom stereocenters. The summed E-state index contributed by atoms with van der Waals surface area (Å²) in [5, 5.41) is 11.1. The summed E-state index contributed by atoms with van der Waals surface area (Å²) in [6.45, 7) is 2.00. The molecule has 0 aliphatic rings. The molecule has 12 heteroatoms.